The van der Waals surface area contributed by atoms with Crippen LogP contribution in [-0.2, 0) is 0 Å². The fourth-order valence-electron chi connectivity index (χ4n) is 10.3. The van der Waals surface area contributed by atoms with Crippen LogP contribution in [0.15, 0.2) is 219 Å². The first-order valence-electron chi connectivity index (χ1n) is 21.3. The minimum Gasteiger partial charge on any atom is -0.256 e. The number of hydrogen-bond acceptors (Lipinski definition) is 2. The van der Waals surface area contributed by atoms with E-state index in [1.807, 2.05) is 12.3 Å². The van der Waals surface area contributed by atoms with Crippen LogP contribution in [0.3, 0.4) is 0 Å². The molecule has 11 aromatic carbocycles. The molecule has 0 radical (unpaired) electrons. The Labute approximate surface area is 358 Å². The maximum absolute atomic E-state index is 5.46. The summed E-state index contributed by atoms with van der Waals surface area (Å²) in [5, 5.41) is 18.3. The van der Waals surface area contributed by atoms with Crippen molar-refractivity contribution in [3.8, 4) is 44.8 Å². The Morgan fingerprint density at radius 1 is 0.258 bits per heavy atom. The molecule has 62 heavy (non-hydrogen) atoms. The molecule has 286 valence electrons. The smallest absolute Gasteiger partial charge is 0.0787 e. The second kappa shape index (κ2) is 13.7. The summed E-state index contributed by atoms with van der Waals surface area (Å²) in [6.45, 7) is 0. The number of nitrogens with zero attached hydrogens (tertiary/aromatic N) is 2. The average molecular weight is 785 g/mol. The third-order valence-corrected chi connectivity index (χ3v) is 13.0. The third-order valence-electron chi connectivity index (χ3n) is 13.0. The molecule has 0 amide bonds. The molecule has 0 spiro atoms. The van der Waals surface area contributed by atoms with E-state index in [-0.39, 0.29) is 0 Å². The zero-order chi connectivity index (χ0) is 40.7. The van der Waals surface area contributed by atoms with E-state index < -0.39 is 0 Å². The van der Waals surface area contributed by atoms with E-state index in [1.165, 1.54) is 86.9 Å². The lowest BCUT2D eigenvalue weighted by Crippen LogP contribution is -1.95. The highest BCUT2D eigenvalue weighted by Crippen LogP contribution is 2.49. The summed E-state index contributed by atoms with van der Waals surface area (Å²) in [7, 11) is 0. The Hall–Kier alpha value is -8.20. The van der Waals surface area contributed by atoms with Crippen LogP contribution in [0.4, 0.5) is 0 Å². The molecular weight excluding hydrogens is 749 g/mol. The summed E-state index contributed by atoms with van der Waals surface area (Å²) in [4.78, 5) is 10.3. The van der Waals surface area contributed by atoms with E-state index >= 15 is 0 Å². The van der Waals surface area contributed by atoms with Crippen molar-refractivity contribution in [2.45, 2.75) is 0 Å². The standard InChI is InChI=1S/C60H36N2/c1-4-18-41-37(15-1)34-53(46-23-9-7-21-44(41)46)58-48-25-11-12-26-49(48)59(54-35-38-16-2-5-19-42(38)45-22-8-10-24-47(45)54)55-36-40(30-31-50(55)58)56-28-13-29-57(62-56)52-33-39-17-3-6-20-43(39)60-51(52)27-14-32-61-60/h1-36H. The number of benzene rings is 11. The first kappa shape index (κ1) is 34.6. The first-order valence-corrected chi connectivity index (χ1v) is 21.3. The van der Waals surface area contributed by atoms with Gasteiger partial charge < -0.3 is 0 Å². The maximum Gasteiger partial charge on any atom is 0.0787 e. The Morgan fingerprint density at radius 3 is 1.34 bits per heavy atom. The lowest BCUT2D eigenvalue weighted by Gasteiger charge is -2.21. The molecule has 0 atom stereocenters. The zero-order valence-electron chi connectivity index (χ0n) is 33.7. The summed E-state index contributed by atoms with van der Waals surface area (Å²) in [6.07, 6.45) is 1.88. The monoisotopic (exact) mass is 784 g/mol. The van der Waals surface area contributed by atoms with Gasteiger partial charge in [-0.15, -0.1) is 0 Å². The van der Waals surface area contributed by atoms with Crippen LogP contribution in [0.2, 0.25) is 0 Å². The van der Waals surface area contributed by atoms with Gasteiger partial charge in [0, 0.05) is 28.1 Å². The number of rotatable bonds is 4. The lowest BCUT2D eigenvalue weighted by molar-refractivity contribution is 1.33. The summed E-state index contributed by atoms with van der Waals surface area (Å²) in [5.74, 6) is 0. The van der Waals surface area contributed by atoms with E-state index in [1.54, 1.807) is 0 Å². The van der Waals surface area contributed by atoms with Gasteiger partial charge in [0.1, 0.15) is 0 Å². The summed E-state index contributed by atoms with van der Waals surface area (Å²) in [6, 6.07) is 77.6. The molecule has 0 N–H and O–H groups in total. The molecule has 2 heterocycles. The quantitative estimate of drug-likeness (QED) is 0.131. The number of aromatic nitrogens is 2. The average Bonchev–Trinajstić information content (AvgIpc) is 3.35. The second-order valence-electron chi connectivity index (χ2n) is 16.4. The molecule has 0 aliphatic heterocycles. The fourth-order valence-corrected chi connectivity index (χ4v) is 10.3. The van der Waals surface area contributed by atoms with E-state index in [9.17, 15) is 0 Å². The Bertz CT molecular complexity index is 3990. The van der Waals surface area contributed by atoms with Gasteiger partial charge >= 0.3 is 0 Å². The van der Waals surface area contributed by atoms with Crippen LogP contribution in [0, 0.1) is 0 Å². The largest absolute Gasteiger partial charge is 0.256 e. The molecule has 13 aromatic rings. The Balaban J connectivity index is 1.14. The van der Waals surface area contributed by atoms with Gasteiger partial charge in [0.05, 0.1) is 16.9 Å². The molecule has 13 rings (SSSR count). The van der Waals surface area contributed by atoms with Crippen molar-refractivity contribution in [1.82, 2.24) is 9.97 Å². The third kappa shape index (κ3) is 5.23. The minimum atomic E-state index is 0.925. The van der Waals surface area contributed by atoms with Crippen molar-refractivity contribution < 1.29 is 0 Å². The van der Waals surface area contributed by atoms with Crippen LogP contribution in [-0.4, -0.2) is 9.97 Å². The summed E-state index contributed by atoms with van der Waals surface area (Å²) in [5.41, 5.74) is 9.93. The molecule has 0 aliphatic rings. The van der Waals surface area contributed by atoms with Gasteiger partial charge in [-0.05, 0) is 135 Å². The molecule has 0 bridgehead atoms. The van der Waals surface area contributed by atoms with Crippen molar-refractivity contribution in [2.75, 3.05) is 0 Å². The maximum atomic E-state index is 5.46. The fraction of sp³-hybridized carbons (Fsp3) is 0. The second-order valence-corrected chi connectivity index (χ2v) is 16.4. The highest BCUT2D eigenvalue weighted by molar-refractivity contribution is 6.28. The summed E-state index contributed by atoms with van der Waals surface area (Å²) >= 11 is 0. The van der Waals surface area contributed by atoms with E-state index in [4.69, 9.17) is 9.97 Å². The van der Waals surface area contributed by atoms with Gasteiger partial charge in [0.25, 0.3) is 0 Å². The number of fused-ring (bicyclic) bond motifs is 11. The van der Waals surface area contributed by atoms with E-state index in [2.05, 4.69) is 206 Å². The van der Waals surface area contributed by atoms with Gasteiger partial charge in [0.15, 0.2) is 0 Å². The predicted octanol–water partition coefficient (Wildman–Crippen LogP) is 16.4. The van der Waals surface area contributed by atoms with Crippen LogP contribution in [0.5, 0.6) is 0 Å². The van der Waals surface area contributed by atoms with Gasteiger partial charge in [-0.1, -0.05) is 170 Å². The van der Waals surface area contributed by atoms with Crippen LogP contribution in [0.25, 0.3) is 131 Å². The van der Waals surface area contributed by atoms with Crippen LogP contribution < -0.4 is 0 Å². The minimum absolute atomic E-state index is 0.925. The van der Waals surface area contributed by atoms with E-state index in [0.717, 1.165) is 44.2 Å². The molecule has 2 nitrogen and oxygen atoms in total. The van der Waals surface area contributed by atoms with Crippen LogP contribution in [0.1, 0.15) is 0 Å². The van der Waals surface area contributed by atoms with Gasteiger partial charge in [-0.2, -0.15) is 0 Å². The Morgan fingerprint density at radius 2 is 0.710 bits per heavy atom. The number of hydrogen-bond donors (Lipinski definition) is 0. The van der Waals surface area contributed by atoms with Gasteiger partial charge in [-0.3, -0.25) is 4.98 Å². The molecular formula is C60H36N2. The van der Waals surface area contributed by atoms with Crippen molar-refractivity contribution in [3.05, 3.63) is 219 Å². The zero-order valence-corrected chi connectivity index (χ0v) is 33.7. The SMILES string of the molecule is c1cc(-c2ccc3c(-c4cc5ccccc5c5ccccc45)c4ccccc4c(-c4cc5ccccc5c5ccccc45)c3c2)nc(-c2cc3ccccc3c3ncccc23)c1. The number of pyridine rings is 2. The highest BCUT2D eigenvalue weighted by atomic mass is 14.7. The molecule has 0 unspecified atom stereocenters. The molecule has 0 aliphatic carbocycles. The first-order chi connectivity index (χ1) is 30.8. The predicted molar refractivity (Wildman–Crippen MR) is 264 cm³/mol. The topological polar surface area (TPSA) is 25.8 Å². The molecule has 0 saturated carbocycles. The molecule has 0 fully saturated rings. The van der Waals surface area contributed by atoms with Crippen molar-refractivity contribution in [3.63, 3.8) is 0 Å². The van der Waals surface area contributed by atoms with Crippen LogP contribution >= 0.6 is 0 Å². The normalized spacial score (nSPS) is 11.9. The molecule has 0 saturated heterocycles. The highest BCUT2D eigenvalue weighted by Gasteiger charge is 2.22. The summed E-state index contributed by atoms with van der Waals surface area (Å²) < 4.78 is 0. The van der Waals surface area contributed by atoms with Crippen molar-refractivity contribution >= 4 is 86.3 Å². The molecule has 2 heteroatoms. The van der Waals surface area contributed by atoms with Gasteiger partial charge in [0.2, 0.25) is 0 Å². The van der Waals surface area contributed by atoms with Gasteiger partial charge in [-0.25, -0.2) is 4.98 Å². The Kier molecular flexibility index (Phi) is 7.64. The lowest BCUT2D eigenvalue weighted by atomic mass is 9.82. The van der Waals surface area contributed by atoms with Crippen molar-refractivity contribution in [1.29, 1.82) is 0 Å². The van der Waals surface area contributed by atoms with E-state index in [0.29, 0.717) is 0 Å². The van der Waals surface area contributed by atoms with Crippen molar-refractivity contribution in [2.24, 2.45) is 0 Å². The molecule has 2 aromatic heterocycles.